The molecular formula is C18H17ClN4O4S2. The Kier molecular flexibility index (Phi) is 5.32. The molecule has 0 unspecified atom stereocenters. The number of carbonyl (C=O) groups is 1. The largest absolute Gasteiger partial charge is 0.334 e. The fourth-order valence-corrected chi connectivity index (χ4v) is 5.53. The van der Waals surface area contributed by atoms with E-state index in [2.05, 4.69) is 14.9 Å². The Morgan fingerprint density at radius 2 is 2.03 bits per heavy atom. The van der Waals surface area contributed by atoms with Crippen molar-refractivity contribution in [2.24, 2.45) is 0 Å². The second-order valence-corrected chi connectivity index (χ2v) is 9.89. The number of aryl methyl sites for hydroxylation is 1. The summed E-state index contributed by atoms with van der Waals surface area (Å²) in [7, 11) is -3.84. The fraction of sp³-hybridized carbons (Fsp3) is 0.278. The van der Waals surface area contributed by atoms with Gasteiger partial charge in [-0.25, -0.2) is 8.42 Å². The van der Waals surface area contributed by atoms with E-state index in [0.717, 1.165) is 29.7 Å². The third kappa shape index (κ3) is 4.14. The highest BCUT2D eigenvalue weighted by Crippen LogP contribution is 2.30. The average Bonchev–Trinajstić information content (AvgIpc) is 3.44. The van der Waals surface area contributed by atoms with Gasteiger partial charge < -0.3 is 9.42 Å². The highest BCUT2D eigenvalue weighted by atomic mass is 35.5. The van der Waals surface area contributed by atoms with Crippen LogP contribution in [0.4, 0.5) is 5.69 Å². The average molecular weight is 453 g/mol. The predicted octanol–water partition coefficient (Wildman–Crippen LogP) is 3.80. The van der Waals surface area contributed by atoms with Gasteiger partial charge in [-0.15, -0.1) is 11.3 Å². The van der Waals surface area contributed by atoms with Gasteiger partial charge in [0.15, 0.2) is 0 Å². The minimum absolute atomic E-state index is 0.0707. The van der Waals surface area contributed by atoms with Gasteiger partial charge in [0.05, 0.1) is 10.7 Å². The summed E-state index contributed by atoms with van der Waals surface area (Å²) in [6, 6.07) is 6.49. The molecule has 29 heavy (non-hydrogen) atoms. The number of aromatic nitrogens is 2. The van der Waals surface area contributed by atoms with Gasteiger partial charge in [-0.3, -0.25) is 9.52 Å². The van der Waals surface area contributed by atoms with Crippen LogP contribution in [0.5, 0.6) is 0 Å². The molecule has 0 radical (unpaired) electrons. The summed E-state index contributed by atoms with van der Waals surface area (Å²) in [5.41, 5.74) is 1.67. The van der Waals surface area contributed by atoms with Crippen molar-refractivity contribution in [2.75, 3.05) is 17.8 Å². The molecule has 4 rings (SSSR count). The molecular weight excluding hydrogens is 436 g/mol. The maximum Gasteiger partial charge on any atom is 0.316 e. The zero-order valence-corrected chi connectivity index (χ0v) is 17.8. The number of benzene rings is 1. The lowest BCUT2D eigenvalue weighted by molar-refractivity contribution is 0.0743. The van der Waals surface area contributed by atoms with Crippen LogP contribution in [0, 0.1) is 6.92 Å². The van der Waals surface area contributed by atoms with E-state index in [9.17, 15) is 13.2 Å². The molecule has 0 atom stereocenters. The van der Waals surface area contributed by atoms with E-state index in [4.69, 9.17) is 16.1 Å². The first-order valence-electron chi connectivity index (χ1n) is 8.84. The second-order valence-electron chi connectivity index (χ2n) is 6.67. The quantitative estimate of drug-likeness (QED) is 0.631. The van der Waals surface area contributed by atoms with Crippen molar-refractivity contribution in [3.8, 4) is 11.4 Å². The van der Waals surface area contributed by atoms with Gasteiger partial charge >= 0.3 is 11.8 Å². The van der Waals surface area contributed by atoms with Gasteiger partial charge in [-0.05, 0) is 43.5 Å². The van der Waals surface area contributed by atoms with Crippen molar-refractivity contribution in [3.05, 3.63) is 46.1 Å². The fourth-order valence-electron chi connectivity index (χ4n) is 2.96. The lowest BCUT2D eigenvalue weighted by Crippen LogP contribution is -2.27. The van der Waals surface area contributed by atoms with Crippen molar-refractivity contribution in [1.29, 1.82) is 0 Å². The molecule has 0 saturated carbocycles. The molecule has 1 fully saturated rings. The number of likely N-dealkylation sites (tertiary alicyclic amines) is 1. The number of rotatable bonds is 5. The number of hydrogen-bond acceptors (Lipinski definition) is 7. The van der Waals surface area contributed by atoms with Crippen molar-refractivity contribution in [1.82, 2.24) is 15.0 Å². The van der Waals surface area contributed by atoms with Crippen LogP contribution in [0.15, 0.2) is 38.4 Å². The summed E-state index contributed by atoms with van der Waals surface area (Å²) >= 11 is 7.13. The molecule has 0 bridgehead atoms. The summed E-state index contributed by atoms with van der Waals surface area (Å²) in [5.74, 6) is -0.235. The van der Waals surface area contributed by atoms with E-state index >= 15 is 0 Å². The van der Waals surface area contributed by atoms with Crippen LogP contribution in [0.25, 0.3) is 11.4 Å². The monoisotopic (exact) mass is 452 g/mol. The standard InChI is InChI=1S/C18H17ClN4O4S2/c1-11-4-5-14(13(19)8-11)22-29(25,26)15-9-12(10-28-15)16-20-17(27-21-16)18(24)23-6-2-3-7-23/h4-5,8-10,22H,2-3,6-7H2,1H3. The first kappa shape index (κ1) is 19.9. The van der Waals surface area contributed by atoms with Gasteiger partial charge in [0.25, 0.3) is 10.0 Å². The van der Waals surface area contributed by atoms with Crippen LogP contribution >= 0.6 is 22.9 Å². The number of sulfonamides is 1. The Balaban J connectivity index is 1.54. The Bertz CT molecular complexity index is 1170. The summed E-state index contributed by atoms with van der Waals surface area (Å²) in [6.07, 6.45) is 1.91. The van der Waals surface area contributed by atoms with Crippen molar-refractivity contribution >= 4 is 44.6 Å². The lowest BCUT2D eigenvalue weighted by Gasteiger charge is -2.10. The lowest BCUT2D eigenvalue weighted by atomic mass is 10.2. The number of nitrogens with one attached hydrogen (secondary N) is 1. The molecule has 152 valence electrons. The van der Waals surface area contributed by atoms with Crippen LogP contribution in [-0.4, -0.2) is 42.5 Å². The summed E-state index contributed by atoms with van der Waals surface area (Å²) in [4.78, 5) is 18.1. The molecule has 3 heterocycles. The minimum atomic E-state index is -3.84. The summed E-state index contributed by atoms with van der Waals surface area (Å²) in [6.45, 7) is 3.21. The number of thiophene rings is 1. The molecule has 1 N–H and O–H groups in total. The molecule has 1 aliphatic rings. The molecule has 3 aromatic rings. The molecule has 1 aromatic carbocycles. The molecule has 1 aliphatic heterocycles. The highest BCUT2D eigenvalue weighted by molar-refractivity contribution is 7.94. The number of halogens is 1. The third-order valence-corrected chi connectivity index (χ3v) is 7.59. The molecule has 1 amide bonds. The van der Waals surface area contributed by atoms with Crippen molar-refractivity contribution in [3.63, 3.8) is 0 Å². The maximum absolute atomic E-state index is 12.7. The first-order valence-corrected chi connectivity index (χ1v) is 11.6. The van der Waals surface area contributed by atoms with Crippen LogP contribution in [0.2, 0.25) is 5.02 Å². The van der Waals surface area contributed by atoms with E-state index in [1.165, 1.54) is 6.07 Å². The zero-order chi connectivity index (χ0) is 20.6. The number of carbonyl (C=O) groups excluding carboxylic acids is 1. The molecule has 0 aliphatic carbocycles. The van der Waals surface area contributed by atoms with E-state index in [-0.39, 0.29) is 21.8 Å². The molecule has 0 spiro atoms. The summed E-state index contributed by atoms with van der Waals surface area (Å²) < 4.78 is 33.0. The molecule has 11 heteroatoms. The van der Waals surface area contributed by atoms with E-state index < -0.39 is 10.0 Å². The van der Waals surface area contributed by atoms with Crippen LogP contribution in [0.1, 0.15) is 29.1 Å². The van der Waals surface area contributed by atoms with E-state index in [1.807, 2.05) is 6.92 Å². The molecule has 2 aromatic heterocycles. The topological polar surface area (TPSA) is 105 Å². The minimum Gasteiger partial charge on any atom is -0.334 e. The Morgan fingerprint density at radius 1 is 1.28 bits per heavy atom. The highest BCUT2D eigenvalue weighted by Gasteiger charge is 2.26. The SMILES string of the molecule is Cc1ccc(NS(=O)(=O)c2cc(-c3noc(C(=O)N4CCCC4)n3)cs2)c(Cl)c1. The number of anilines is 1. The Labute approximate surface area is 176 Å². The van der Waals surface area contributed by atoms with Gasteiger partial charge in [-0.2, -0.15) is 4.98 Å². The van der Waals surface area contributed by atoms with Gasteiger partial charge in [0.1, 0.15) is 4.21 Å². The first-order chi connectivity index (χ1) is 13.8. The summed E-state index contributed by atoms with van der Waals surface area (Å²) in [5, 5.41) is 5.73. The predicted molar refractivity (Wildman–Crippen MR) is 110 cm³/mol. The Hall–Kier alpha value is -2.43. The van der Waals surface area contributed by atoms with Crippen molar-refractivity contribution < 1.29 is 17.7 Å². The normalized spacial score (nSPS) is 14.3. The van der Waals surface area contributed by atoms with Crippen LogP contribution < -0.4 is 4.72 Å². The maximum atomic E-state index is 12.7. The Morgan fingerprint density at radius 3 is 2.76 bits per heavy atom. The third-order valence-electron chi connectivity index (χ3n) is 4.47. The second kappa shape index (κ2) is 7.77. The van der Waals surface area contributed by atoms with Gasteiger partial charge in [-0.1, -0.05) is 22.8 Å². The van der Waals surface area contributed by atoms with E-state index in [0.29, 0.717) is 29.4 Å². The number of hydrogen-bond donors (Lipinski definition) is 1. The van der Waals surface area contributed by atoms with Crippen molar-refractivity contribution in [2.45, 2.75) is 24.0 Å². The molecule has 8 nitrogen and oxygen atoms in total. The molecule has 1 saturated heterocycles. The van der Waals surface area contributed by atoms with Crippen LogP contribution in [0.3, 0.4) is 0 Å². The van der Waals surface area contributed by atoms with E-state index in [1.54, 1.807) is 28.5 Å². The number of nitrogens with zero attached hydrogens (tertiary/aromatic N) is 3. The number of amides is 1. The smallest absolute Gasteiger partial charge is 0.316 e. The van der Waals surface area contributed by atoms with Gasteiger partial charge in [0, 0.05) is 24.0 Å². The zero-order valence-electron chi connectivity index (χ0n) is 15.4. The van der Waals surface area contributed by atoms with Crippen LogP contribution in [-0.2, 0) is 10.0 Å². The van der Waals surface area contributed by atoms with Gasteiger partial charge in [0.2, 0.25) is 5.82 Å².